The van der Waals surface area contributed by atoms with Crippen molar-refractivity contribution in [1.82, 2.24) is 0 Å². The van der Waals surface area contributed by atoms with Crippen LogP contribution in [0.3, 0.4) is 0 Å². The van der Waals surface area contributed by atoms with E-state index in [1.54, 1.807) is 0 Å². The molecule has 1 heterocycles. The molecule has 2 heteroatoms. The smallest absolute Gasteiger partial charge is 0.0576 e. The van der Waals surface area contributed by atoms with Gasteiger partial charge < -0.3 is 5.11 Å². The normalized spacial score (nSPS) is 24.0. The maximum Gasteiger partial charge on any atom is 0.0576 e. The number of hydrogen-bond donors (Lipinski definition) is 1. The van der Waals surface area contributed by atoms with Gasteiger partial charge >= 0.3 is 0 Å². The molecule has 0 aromatic heterocycles. The van der Waals surface area contributed by atoms with Crippen LogP contribution in [-0.2, 0) is 0 Å². The molecule has 1 N–H and O–H groups in total. The van der Waals surface area contributed by atoms with Gasteiger partial charge in [0.1, 0.15) is 0 Å². The van der Waals surface area contributed by atoms with Gasteiger partial charge in [-0.05, 0) is 30.3 Å². The van der Waals surface area contributed by atoms with E-state index in [1.807, 2.05) is 11.8 Å². The van der Waals surface area contributed by atoms with E-state index < -0.39 is 0 Å². The maximum atomic E-state index is 9.89. The number of hydrogen-bond acceptors (Lipinski definition) is 2. The number of aliphatic hydroxyl groups excluding tert-OH is 1. The van der Waals surface area contributed by atoms with E-state index in [4.69, 9.17) is 0 Å². The Morgan fingerprint density at radius 2 is 2.07 bits per heavy atom. The number of thioether (sulfide) groups is 1. The Morgan fingerprint density at radius 1 is 1.29 bits per heavy atom. The third kappa shape index (κ3) is 4.70. The molecular weight excluding hydrogens is 192 g/mol. The lowest BCUT2D eigenvalue weighted by molar-refractivity contribution is 0.108. The Balaban J connectivity index is 1.94. The van der Waals surface area contributed by atoms with Crippen LogP contribution in [0.25, 0.3) is 0 Å². The Bertz CT molecular complexity index is 132. The molecule has 0 radical (unpaired) electrons. The fourth-order valence-corrected chi connectivity index (χ4v) is 3.38. The summed E-state index contributed by atoms with van der Waals surface area (Å²) in [5.41, 5.74) is 0. The van der Waals surface area contributed by atoms with E-state index >= 15 is 0 Å². The third-order valence-electron chi connectivity index (χ3n) is 3.11. The first-order valence-corrected chi connectivity index (χ1v) is 7.26. The molecule has 84 valence electrons. The summed E-state index contributed by atoms with van der Waals surface area (Å²) in [4.78, 5) is 0. The summed E-state index contributed by atoms with van der Waals surface area (Å²) in [5, 5.41) is 9.89. The minimum absolute atomic E-state index is 0.00775. The number of unbranched alkanes of at least 4 members (excludes halogenated alkanes) is 4. The van der Waals surface area contributed by atoms with Crippen LogP contribution in [0, 0.1) is 5.92 Å². The van der Waals surface area contributed by atoms with E-state index in [0.29, 0.717) is 5.92 Å². The molecule has 1 fully saturated rings. The zero-order chi connectivity index (χ0) is 10.2. The first-order chi connectivity index (χ1) is 6.84. The molecule has 0 spiro atoms. The Morgan fingerprint density at radius 3 is 2.71 bits per heavy atom. The van der Waals surface area contributed by atoms with Crippen LogP contribution in [0.2, 0.25) is 0 Å². The van der Waals surface area contributed by atoms with Crippen LogP contribution in [0.5, 0.6) is 0 Å². The largest absolute Gasteiger partial charge is 0.393 e. The number of aliphatic hydroxyl groups is 1. The first-order valence-electron chi connectivity index (χ1n) is 6.10. The Kier molecular flexibility index (Phi) is 6.70. The molecule has 1 saturated heterocycles. The lowest BCUT2D eigenvalue weighted by Gasteiger charge is -2.16. The van der Waals surface area contributed by atoms with Crippen molar-refractivity contribution in [3.8, 4) is 0 Å². The molecular formula is C12H24OS. The topological polar surface area (TPSA) is 20.2 Å². The Hall–Kier alpha value is 0.310. The van der Waals surface area contributed by atoms with Gasteiger partial charge in [-0.3, -0.25) is 0 Å². The average Bonchev–Trinajstić information content (AvgIpc) is 2.70. The van der Waals surface area contributed by atoms with Crippen molar-refractivity contribution in [2.24, 2.45) is 5.92 Å². The van der Waals surface area contributed by atoms with E-state index in [1.165, 1.54) is 50.0 Å². The molecule has 0 aromatic rings. The summed E-state index contributed by atoms with van der Waals surface area (Å²) in [6.45, 7) is 2.24. The van der Waals surface area contributed by atoms with E-state index in [9.17, 15) is 5.11 Å². The zero-order valence-corrected chi connectivity index (χ0v) is 10.2. The summed E-state index contributed by atoms with van der Waals surface area (Å²) in [6, 6.07) is 0. The van der Waals surface area contributed by atoms with Crippen LogP contribution >= 0.6 is 11.8 Å². The fraction of sp³-hybridized carbons (Fsp3) is 1.00. The van der Waals surface area contributed by atoms with E-state index in [-0.39, 0.29) is 6.10 Å². The van der Waals surface area contributed by atoms with Crippen molar-refractivity contribution in [3.63, 3.8) is 0 Å². The van der Waals surface area contributed by atoms with Gasteiger partial charge in [0.25, 0.3) is 0 Å². The highest BCUT2D eigenvalue weighted by molar-refractivity contribution is 7.99. The molecule has 2 unspecified atom stereocenters. The van der Waals surface area contributed by atoms with Gasteiger partial charge in [-0.25, -0.2) is 0 Å². The monoisotopic (exact) mass is 216 g/mol. The quantitative estimate of drug-likeness (QED) is 0.658. The highest BCUT2D eigenvalue weighted by Gasteiger charge is 2.22. The SMILES string of the molecule is CCCCCCCC(O)C1CCSC1. The molecule has 1 aliphatic rings. The second-order valence-corrected chi connectivity index (χ2v) is 5.54. The summed E-state index contributed by atoms with van der Waals surface area (Å²) >= 11 is 2.00. The summed E-state index contributed by atoms with van der Waals surface area (Å²) in [5.74, 6) is 3.06. The molecule has 0 aliphatic carbocycles. The maximum absolute atomic E-state index is 9.89. The van der Waals surface area contributed by atoms with Crippen LogP contribution in [0.4, 0.5) is 0 Å². The van der Waals surface area contributed by atoms with Crippen LogP contribution in [-0.4, -0.2) is 22.7 Å². The summed E-state index contributed by atoms with van der Waals surface area (Å²) in [7, 11) is 0. The summed E-state index contributed by atoms with van der Waals surface area (Å²) in [6.07, 6.45) is 8.81. The molecule has 14 heavy (non-hydrogen) atoms. The average molecular weight is 216 g/mol. The van der Waals surface area contributed by atoms with Crippen molar-refractivity contribution < 1.29 is 5.11 Å². The molecule has 0 bridgehead atoms. The second-order valence-electron chi connectivity index (χ2n) is 4.39. The molecule has 0 aromatic carbocycles. The van der Waals surface area contributed by atoms with Gasteiger partial charge in [0.05, 0.1) is 6.10 Å². The van der Waals surface area contributed by atoms with Crippen molar-refractivity contribution in [3.05, 3.63) is 0 Å². The molecule has 0 amide bonds. The van der Waals surface area contributed by atoms with Gasteiger partial charge in [-0.15, -0.1) is 0 Å². The minimum atomic E-state index is -0.00775. The second kappa shape index (κ2) is 7.58. The fourth-order valence-electron chi connectivity index (χ4n) is 2.05. The summed E-state index contributed by atoms with van der Waals surface area (Å²) < 4.78 is 0. The minimum Gasteiger partial charge on any atom is -0.393 e. The molecule has 1 aliphatic heterocycles. The first kappa shape index (κ1) is 12.4. The van der Waals surface area contributed by atoms with Crippen LogP contribution < -0.4 is 0 Å². The molecule has 1 rings (SSSR count). The third-order valence-corrected chi connectivity index (χ3v) is 4.30. The molecule has 1 nitrogen and oxygen atoms in total. The Labute approximate surface area is 92.7 Å². The molecule has 2 atom stereocenters. The van der Waals surface area contributed by atoms with Gasteiger partial charge in [-0.1, -0.05) is 39.0 Å². The zero-order valence-electron chi connectivity index (χ0n) is 9.37. The highest BCUT2D eigenvalue weighted by Crippen LogP contribution is 2.28. The van der Waals surface area contributed by atoms with Gasteiger partial charge in [0.15, 0.2) is 0 Å². The molecule has 0 saturated carbocycles. The van der Waals surface area contributed by atoms with Gasteiger partial charge in [0.2, 0.25) is 0 Å². The van der Waals surface area contributed by atoms with Gasteiger partial charge in [0, 0.05) is 0 Å². The van der Waals surface area contributed by atoms with E-state index in [0.717, 1.165) is 6.42 Å². The van der Waals surface area contributed by atoms with Crippen molar-refractivity contribution >= 4 is 11.8 Å². The predicted molar refractivity (Wildman–Crippen MR) is 64.8 cm³/mol. The van der Waals surface area contributed by atoms with Crippen molar-refractivity contribution in [2.75, 3.05) is 11.5 Å². The van der Waals surface area contributed by atoms with Crippen LogP contribution in [0.15, 0.2) is 0 Å². The standard InChI is InChI=1S/C12H24OS/c1-2-3-4-5-6-7-12(13)11-8-9-14-10-11/h11-13H,2-10H2,1H3. The lowest BCUT2D eigenvalue weighted by Crippen LogP contribution is -2.19. The predicted octanol–water partition coefficient (Wildman–Crippen LogP) is 3.46. The van der Waals surface area contributed by atoms with E-state index in [2.05, 4.69) is 6.92 Å². The van der Waals surface area contributed by atoms with Crippen molar-refractivity contribution in [1.29, 1.82) is 0 Å². The van der Waals surface area contributed by atoms with Gasteiger partial charge in [-0.2, -0.15) is 11.8 Å². The number of rotatable bonds is 7. The van der Waals surface area contributed by atoms with Crippen LogP contribution in [0.1, 0.15) is 51.9 Å². The lowest BCUT2D eigenvalue weighted by atomic mass is 9.96. The highest BCUT2D eigenvalue weighted by atomic mass is 32.2. The van der Waals surface area contributed by atoms with Crippen molar-refractivity contribution in [2.45, 2.75) is 58.0 Å².